The summed E-state index contributed by atoms with van der Waals surface area (Å²) >= 11 is 0. The Morgan fingerprint density at radius 1 is 0.971 bits per heavy atom. The number of para-hydroxylation sites is 1. The Balaban J connectivity index is 1.83. The van der Waals surface area contributed by atoms with E-state index in [0.29, 0.717) is 33.4 Å². The molecule has 4 aromatic rings. The molecule has 8 nitrogen and oxygen atoms in total. The van der Waals surface area contributed by atoms with Crippen molar-refractivity contribution in [2.24, 2.45) is 11.5 Å². The molecule has 0 aliphatic heterocycles. The number of amides is 2. The van der Waals surface area contributed by atoms with E-state index in [1.165, 1.54) is 24.3 Å². The summed E-state index contributed by atoms with van der Waals surface area (Å²) in [6.07, 6.45) is -4.78. The molecular formula is C24H20F3N5O3. The summed E-state index contributed by atoms with van der Waals surface area (Å²) in [7, 11) is 0. The minimum Gasteiger partial charge on any atom is -0.406 e. The summed E-state index contributed by atoms with van der Waals surface area (Å²) < 4.78 is 42.8. The van der Waals surface area contributed by atoms with Gasteiger partial charge in [0.1, 0.15) is 11.4 Å². The van der Waals surface area contributed by atoms with Gasteiger partial charge in [-0.2, -0.15) is 5.10 Å². The van der Waals surface area contributed by atoms with Crippen molar-refractivity contribution in [3.8, 4) is 16.9 Å². The lowest BCUT2D eigenvalue weighted by Gasteiger charge is -2.15. The fourth-order valence-corrected chi connectivity index (χ4v) is 4.07. The Kier molecular flexibility index (Phi) is 5.93. The third kappa shape index (κ3) is 4.65. The summed E-state index contributed by atoms with van der Waals surface area (Å²) in [5.74, 6) is -1.93. The Bertz CT molecular complexity index is 1460. The minimum absolute atomic E-state index is 0.101. The highest BCUT2D eigenvalue weighted by Gasteiger charge is 2.31. The van der Waals surface area contributed by atoms with Gasteiger partial charge < -0.3 is 16.2 Å². The van der Waals surface area contributed by atoms with Crippen LogP contribution in [-0.2, 0) is 6.54 Å². The van der Waals surface area contributed by atoms with Crippen molar-refractivity contribution in [2.45, 2.75) is 26.8 Å². The first-order valence-electron chi connectivity index (χ1n) is 10.4. The predicted molar refractivity (Wildman–Crippen MR) is 122 cm³/mol. The molecule has 35 heavy (non-hydrogen) atoms. The first kappa shape index (κ1) is 23.7. The van der Waals surface area contributed by atoms with Gasteiger partial charge in [0.2, 0.25) is 5.91 Å². The van der Waals surface area contributed by atoms with Crippen LogP contribution in [0.25, 0.3) is 22.0 Å². The fraction of sp³-hybridized carbons (Fsp3) is 0.167. The van der Waals surface area contributed by atoms with Gasteiger partial charge in [0, 0.05) is 22.2 Å². The second kappa shape index (κ2) is 8.75. The van der Waals surface area contributed by atoms with Crippen molar-refractivity contribution < 1.29 is 27.5 Å². The maximum Gasteiger partial charge on any atom is 0.573 e. The lowest BCUT2D eigenvalue weighted by atomic mass is 9.92. The monoisotopic (exact) mass is 483 g/mol. The van der Waals surface area contributed by atoms with Crippen molar-refractivity contribution in [1.29, 1.82) is 0 Å². The number of ether oxygens (including phenoxy) is 1. The molecule has 2 aromatic carbocycles. The number of aryl methyl sites for hydroxylation is 1. The second-order valence-corrected chi connectivity index (χ2v) is 7.85. The average Bonchev–Trinajstić information content (AvgIpc) is 3.05. The molecule has 0 bridgehead atoms. The summed E-state index contributed by atoms with van der Waals surface area (Å²) in [5.41, 5.74) is 14.1. The molecule has 4 N–H and O–H groups in total. The number of nitrogens with two attached hydrogens (primary N) is 2. The van der Waals surface area contributed by atoms with Crippen molar-refractivity contribution in [3.63, 3.8) is 0 Å². The van der Waals surface area contributed by atoms with E-state index in [9.17, 15) is 22.8 Å². The standard InChI is InChI=1S/C24H20F3N5O3/c1-12-18(13(2)32(31-12)11-14-7-9-15(10-8-14)35-24(25,26)27)20-19(22(28)33)16-5-3-4-6-17(16)30-21(20)23(29)34/h3-10H,11H2,1-2H3,(H2,28,33)(H2,29,34). The van der Waals surface area contributed by atoms with Crippen LogP contribution in [0.4, 0.5) is 13.2 Å². The number of primary amides is 2. The molecule has 0 atom stereocenters. The Morgan fingerprint density at radius 2 is 1.63 bits per heavy atom. The first-order chi connectivity index (χ1) is 16.5. The largest absolute Gasteiger partial charge is 0.573 e. The highest BCUT2D eigenvalue weighted by atomic mass is 19.4. The molecule has 180 valence electrons. The van der Waals surface area contributed by atoms with E-state index in [4.69, 9.17) is 11.5 Å². The zero-order valence-corrected chi connectivity index (χ0v) is 18.7. The molecule has 0 aliphatic carbocycles. The van der Waals surface area contributed by atoms with Crippen LogP contribution in [0.2, 0.25) is 0 Å². The summed E-state index contributed by atoms with van der Waals surface area (Å²) in [5, 5.41) is 4.98. The van der Waals surface area contributed by atoms with E-state index in [0.717, 1.165) is 0 Å². The van der Waals surface area contributed by atoms with Crippen molar-refractivity contribution >= 4 is 22.7 Å². The van der Waals surface area contributed by atoms with Crippen LogP contribution in [0.3, 0.4) is 0 Å². The number of aromatic nitrogens is 3. The number of hydrogen-bond donors (Lipinski definition) is 2. The number of nitrogens with zero attached hydrogens (tertiary/aromatic N) is 3. The quantitative estimate of drug-likeness (QED) is 0.431. The molecule has 0 saturated carbocycles. The number of carbonyl (C=O) groups excluding carboxylic acids is 2. The van der Waals surface area contributed by atoms with Crippen LogP contribution in [0.15, 0.2) is 48.5 Å². The van der Waals surface area contributed by atoms with E-state index in [1.54, 1.807) is 42.8 Å². The van der Waals surface area contributed by atoms with Crippen LogP contribution >= 0.6 is 0 Å². The molecule has 2 heterocycles. The SMILES string of the molecule is Cc1nn(Cc2ccc(OC(F)(F)F)cc2)c(C)c1-c1c(C(N)=O)nc2ccccc2c1C(N)=O. The average molecular weight is 483 g/mol. The number of benzene rings is 2. The van der Waals surface area contributed by atoms with Crippen LogP contribution in [0.5, 0.6) is 5.75 Å². The second-order valence-electron chi connectivity index (χ2n) is 7.85. The van der Waals surface area contributed by atoms with Gasteiger partial charge in [0.15, 0.2) is 0 Å². The van der Waals surface area contributed by atoms with Gasteiger partial charge in [-0.25, -0.2) is 4.98 Å². The molecule has 0 unspecified atom stereocenters. The number of pyridine rings is 1. The molecule has 0 saturated heterocycles. The summed E-state index contributed by atoms with van der Waals surface area (Å²) in [6.45, 7) is 3.64. The number of alkyl halides is 3. The number of halogens is 3. The lowest BCUT2D eigenvalue weighted by Crippen LogP contribution is -2.21. The zero-order chi connectivity index (χ0) is 25.5. The Labute approximate surface area is 197 Å². The van der Waals surface area contributed by atoms with Crippen LogP contribution in [0, 0.1) is 13.8 Å². The molecule has 0 spiro atoms. The highest BCUT2D eigenvalue weighted by Crippen LogP contribution is 2.36. The van der Waals surface area contributed by atoms with E-state index < -0.39 is 18.2 Å². The topological polar surface area (TPSA) is 126 Å². The van der Waals surface area contributed by atoms with Crippen molar-refractivity contribution in [2.75, 3.05) is 0 Å². The maximum atomic E-state index is 12.6. The molecule has 4 rings (SSSR count). The summed E-state index contributed by atoms with van der Waals surface area (Å²) in [4.78, 5) is 29.3. The van der Waals surface area contributed by atoms with Gasteiger partial charge in [-0.1, -0.05) is 30.3 Å². The summed E-state index contributed by atoms with van der Waals surface area (Å²) in [6, 6.07) is 12.1. The van der Waals surface area contributed by atoms with E-state index >= 15 is 0 Å². The van der Waals surface area contributed by atoms with E-state index in [-0.39, 0.29) is 29.1 Å². The van der Waals surface area contributed by atoms with Crippen LogP contribution in [0.1, 0.15) is 37.8 Å². The highest BCUT2D eigenvalue weighted by molar-refractivity contribution is 6.15. The van der Waals surface area contributed by atoms with Crippen molar-refractivity contribution in [3.05, 3.63) is 76.7 Å². The zero-order valence-electron chi connectivity index (χ0n) is 18.7. The maximum absolute atomic E-state index is 12.6. The van der Waals surface area contributed by atoms with Crippen LogP contribution in [-0.4, -0.2) is 32.9 Å². The van der Waals surface area contributed by atoms with Gasteiger partial charge in [0.05, 0.1) is 23.3 Å². The van der Waals surface area contributed by atoms with Gasteiger partial charge in [-0.3, -0.25) is 14.3 Å². The number of rotatable bonds is 6. The third-order valence-electron chi connectivity index (χ3n) is 5.49. The predicted octanol–water partition coefficient (Wildman–Crippen LogP) is 3.86. The van der Waals surface area contributed by atoms with E-state index in [2.05, 4.69) is 14.8 Å². The molecule has 11 heteroatoms. The molecule has 0 radical (unpaired) electrons. The normalized spacial score (nSPS) is 11.6. The lowest BCUT2D eigenvalue weighted by molar-refractivity contribution is -0.274. The molecule has 0 fully saturated rings. The number of hydrogen-bond acceptors (Lipinski definition) is 5. The third-order valence-corrected chi connectivity index (χ3v) is 5.49. The first-order valence-corrected chi connectivity index (χ1v) is 10.4. The number of carbonyl (C=O) groups is 2. The molecule has 0 aliphatic rings. The molecule has 2 amide bonds. The number of fused-ring (bicyclic) bond motifs is 1. The van der Waals surface area contributed by atoms with Crippen molar-refractivity contribution in [1.82, 2.24) is 14.8 Å². The van der Waals surface area contributed by atoms with E-state index in [1.807, 2.05) is 0 Å². The molecular weight excluding hydrogens is 463 g/mol. The van der Waals surface area contributed by atoms with Gasteiger partial charge in [-0.05, 0) is 37.6 Å². The minimum atomic E-state index is -4.78. The van der Waals surface area contributed by atoms with Crippen LogP contribution < -0.4 is 16.2 Å². The molecule has 2 aromatic heterocycles. The smallest absolute Gasteiger partial charge is 0.406 e. The Hall–Kier alpha value is -4.41. The fourth-order valence-electron chi connectivity index (χ4n) is 4.07. The van der Waals surface area contributed by atoms with Gasteiger partial charge in [0.25, 0.3) is 5.91 Å². The van der Waals surface area contributed by atoms with Gasteiger partial charge >= 0.3 is 6.36 Å². The van der Waals surface area contributed by atoms with Gasteiger partial charge in [-0.15, -0.1) is 13.2 Å². The Morgan fingerprint density at radius 3 is 2.23 bits per heavy atom.